The second-order valence-electron chi connectivity index (χ2n) is 3.57. The molecular formula is C11H9Cl3N2O2S. The highest BCUT2D eigenvalue weighted by molar-refractivity contribution is 8.14. The summed E-state index contributed by atoms with van der Waals surface area (Å²) >= 11 is 19.1. The van der Waals surface area contributed by atoms with E-state index in [0.717, 1.165) is 12.3 Å². The molecule has 19 heavy (non-hydrogen) atoms. The highest BCUT2D eigenvalue weighted by atomic mass is 35.5. The van der Waals surface area contributed by atoms with E-state index in [2.05, 4.69) is 10.3 Å². The van der Waals surface area contributed by atoms with Crippen molar-refractivity contribution < 1.29 is 9.53 Å². The molecule has 0 fully saturated rings. The van der Waals surface area contributed by atoms with Crippen LogP contribution < -0.4 is 10.1 Å². The van der Waals surface area contributed by atoms with Gasteiger partial charge in [-0.2, -0.15) is 0 Å². The van der Waals surface area contributed by atoms with E-state index in [1.54, 1.807) is 0 Å². The average Bonchev–Trinajstić information content (AvgIpc) is 2.85. The number of ether oxygens (including phenoxy) is 1. The lowest BCUT2D eigenvalue weighted by Gasteiger charge is -2.09. The van der Waals surface area contributed by atoms with Crippen molar-refractivity contribution in [2.45, 2.75) is 0 Å². The number of benzene rings is 1. The van der Waals surface area contributed by atoms with Gasteiger partial charge in [0.25, 0.3) is 5.91 Å². The maximum absolute atomic E-state index is 11.6. The Kier molecular flexibility index (Phi) is 5.21. The van der Waals surface area contributed by atoms with E-state index in [0.29, 0.717) is 26.0 Å². The SMILES string of the molecule is O=C(COc1cc(Cl)c(Cl)cc1Cl)NC1=NCCS1. The number of carbonyl (C=O) groups is 1. The van der Waals surface area contributed by atoms with Gasteiger partial charge >= 0.3 is 0 Å². The quantitative estimate of drug-likeness (QED) is 0.860. The van der Waals surface area contributed by atoms with Gasteiger partial charge in [0.15, 0.2) is 11.8 Å². The number of thioether (sulfide) groups is 1. The van der Waals surface area contributed by atoms with Gasteiger partial charge < -0.3 is 10.1 Å². The normalized spacial score (nSPS) is 14.2. The van der Waals surface area contributed by atoms with Crippen LogP contribution in [0.15, 0.2) is 17.1 Å². The number of aliphatic imine (C=N–C) groups is 1. The molecule has 1 aromatic carbocycles. The first-order valence-corrected chi connectivity index (χ1v) is 7.42. The van der Waals surface area contributed by atoms with Crippen molar-refractivity contribution >= 4 is 57.6 Å². The van der Waals surface area contributed by atoms with Crippen LogP contribution in [-0.4, -0.2) is 30.0 Å². The van der Waals surface area contributed by atoms with Crippen LogP contribution in [0.5, 0.6) is 5.75 Å². The van der Waals surface area contributed by atoms with Gasteiger partial charge in [-0.25, -0.2) is 0 Å². The summed E-state index contributed by atoms with van der Waals surface area (Å²) in [6, 6.07) is 2.94. The van der Waals surface area contributed by atoms with E-state index >= 15 is 0 Å². The van der Waals surface area contributed by atoms with Gasteiger partial charge in [0.05, 0.1) is 21.6 Å². The first-order chi connectivity index (χ1) is 9.06. The number of halogens is 3. The van der Waals surface area contributed by atoms with Gasteiger partial charge in [-0.15, -0.1) is 0 Å². The number of amidine groups is 1. The Labute approximate surface area is 129 Å². The molecule has 2 rings (SSSR count). The lowest BCUT2D eigenvalue weighted by Crippen LogP contribution is -2.32. The second-order valence-corrected chi connectivity index (χ2v) is 5.87. The van der Waals surface area contributed by atoms with Crippen LogP contribution in [0.1, 0.15) is 0 Å². The maximum Gasteiger partial charge on any atom is 0.263 e. The predicted octanol–water partition coefficient (Wildman–Crippen LogP) is 3.24. The molecule has 1 N–H and O–H groups in total. The van der Waals surface area contributed by atoms with Crippen molar-refractivity contribution in [1.82, 2.24) is 5.32 Å². The van der Waals surface area contributed by atoms with Crippen LogP contribution >= 0.6 is 46.6 Å². The first-order valence-electron chi connectivity index (χ1n) is 5.30. The molecule has 8 heteroatoms. The lowest BCUT2D eigenvalue weighted by molar-refractivity contribution is -0.121. The van der Waals surface area contributed by atoms with Crippen molar-refractivity contribution in [3.05, 3.63) is 27.2 Å². The second kappa shape index (κ2) is 6.70. The Balaban J connectivity index is 1.91. The third-order valence-electron chi connectivity index (χ3n) is 2.17. The molecule has 1 aliphatic rings. The molecule has 1 aliphatic heterocycles. The Hall–Kier alpha value is -0.620. The fourth-order valence-corrected chi connectivity index (χ4v) is 2.66. The molecule has 0 saturated heterocycles. The van der Waals surface area contributed by atoms with E-state index in [4.69, 9.17) is 39.5 Å². The minimum absolute atomic E-state index is 0.169. The van der Waals surface area contributed by atoms with Crippen molar-refractivity contribution in [2.75, 3.05) is 18.9 Å². The molecular weight excluding hydrogens is 331 g/mol. The Morgan fingerprint density at radius 1 is 1.32 bits per heavy atom. The molecule has 0 atom stereocenters. The van der Waals surface area contributed by atoms with Crippen LogP contribution in [0.25, 0.3) is 0 Å². The molecule has 0 aromatic heterocycles. The van der Waals surface area contributed by atoms with Gasteiger partial charge in [0.1, 0.15) is 5.75 Å². The molecule has 1 aromatic rings. The molecule has 102 valence electrons. The van der Waals surface area contributed by atoms with Gasteiger partial charge in [-0.05, 0) is 6.07 Å². The molecule has 0 bridgehead atoms. The van der Waals surface area contributed by atoms with Crippen LogP contribution in [0.3, 0.4) is 0 Å². The smallest absolute Gasteiger partial charge is 0.263 e. The standard InChI is InChI=1S/C11H9Cl3N2O2S/c12-6-3-8(14)9(4-7(6)13)18-5-10(17)16-11-15-1-2-19-11/h3-4H,1-2,5H2,(H,15,16,17). The monoisotopic (exact) mass is 338 g/mol. The predicted molar refractivity (Wildman–Crippen MR) is 79.9 cm³/mol. The number of rotatable bonds is 3. The third-order valence-corrected chi connectivity index (χ3v) is 4.07. The van der Waals surface area contributed by atoms with Crippen LogP contribution in [-0.2, 0) is 4.79 Å². The minimum Gasteiger partial charge on any atom is -0.482 e. The van der Waals surface area contributed by atoms with E-state index in [-0.39, 0.29) is 12.5 Å². The molecule has 0 saturated carbocycles. The molecule has 1 amide bonds. The van der Waals surface area contributed by atoms with Gasteiger partial charge in [-0.3, -0.25) is 9.79 Å². The summed E-state index contributed by atoms with van der Waals surface area (Å²) in [4.78, 5) is 15.7. The van der Waals surface area contributed by atoms with Gasteiger partial charge in [0.2, 0.25) is 0 Å². The highest BCUT2D eigenvalue weighted by Gasteiger charge is 2.13. The number of nitrogens with zero attached hydrogens (tertiary/aromatic N) is 1. The van der Waals surface area contributed by atoms with Crippen LogP contribution in [0.4, 0.5) is 0 Å². The fraction of sp³-hybridized carbons (Fsp3) is 0.273. The molecule has 0 spiro atoms. The number of hydrogen-bond donors (Lipinski definition) is 1. The van der Waals surface area contributed by atoms with Crippen molar-refractivity contribution in [2.24, 2.45) is 4.99 Å². The van der Waals surface area contributed by atoms with Crippen molar-refractivity contribution in [1.29, 1.82) is 0 Å². The van der Waals surface area contributed by atoms with Crippen LogP contribution in [0, 0.1) is 0 Å². The number of nitrogens with one attached hydrogen (secondary N) is 1. The lowest BCUT2D eigenvalue weighted by atomic mass is 10.3. The topological polar surface area (TPSA) is 50.7 Å². The summed E-state index contributed by atoms with van der Waals surface area (Å²) in [5.74, 6) is 0.900. The van der Waals surface area contributed by atoms with E-state index < -0.39 is 0 Å². The average molecular weight is 340 g/mol. The van der Waals surface area contributed by atoms with Crippen LogP contribution in [0.2, 0.25) is 15.1 Å². The zero-order valence-corrected chi connectivity index (χ0v) is 12.7. The van der Waals surface area contributed by atoms with Gasteiger partial charge in [0, 0.05) is 11.8 Å². The highest BCUT2D eigenvalue weighted by Crippen LogP contribution is 2.33. The largest absolute Gasteiger partial charge is 0.482 e. The van der Waals surface area contributed by atoms with Crippen molar-refractivity contribution in [3.8, 4) is 5.75 Å². The third kappa shape index (κ3) is 4.18. The molecule has 0 radical (unpaired) electrons. The summed E-state index contributed by atoms with van der Waals surface area (Å²) in [5.41, 5.74) is 0. The summed E-state index contributed by atoms with van der Waals surface area (Å²) in [7, 11) is 0. The zero-order chi connectivity index (χ0) is 13.8. The van der Waals surface area contributed by atoms with E-state index in [1.807, 2.05) is 0 Å². The summed E-state index contributed by atoms with van der Waals surface area (Å²) in [6.45, 7) is 0.553. The summed E-state index contributed by atoms with van der Waals surface area (Å²) in [5, 5.41) is 4.21. The molecule has 4 nitrogen and oxygen atoms in total. The van der Waals surface area contributed by atoms with Crippen molar-refractivity contribution in [3.63, 3.8) is 0 Å². The van der Waals surface area contributed by atoms with E-state index in [1.165, 1.54) is 23.9 Å². The Morgan fingerprint density at radius 3 is 2.74 bits per heavy atom. The fourth-order valence-electron chi connectivity index (χ4n) is 1.32. The van der Waals surface area contributed by atoms with E-state index in [9.17, 15) is 4.79 Å². The summed E-state index contributed by atoms with van der Waals surface area (Å²) < 4.78 is 5.29. The molecule has 1 heterocycles. The summed E-state index contributed by atoms with van der Waals surface area (Å²) in [6.07, 6.45) is 0. The molecule has 0 unspecified atom stereocenters. The molecule has 0 aliphatic carbocycles. The Bertz CT molecular complexity index is 537. The zero-order valence-electron chi connectivity index (χ0n) is 9.58. The number of hydrogen-bond acceptors (Lipinski definition) is 4. The minimum atomic E-state index is -0.296. The first kappa shape index (κ1) is 14.8. The van der Waals surface area contributed by atoms with Gasteiger partial charge in [-0.1, -0.05) is 46.6 Å². The maximum atomic E-state index is 11.6. The number of carbonyl (C=O) groups excluding carboxylic acids is 1. The Morgan fingerprint density at radius 2 is 2.05 bits per heavy atom. The number of amides is 1.